The van der Waals surface area contributed by atoms with Gasteiger partial charge in [-0.25, -0.2) is 0 Å². The zero-order chi connectivity index (χ0) is 9.64. The molecule has 1 unspecified atom stereocenters. The Morgan fingerprint density at radius 1 is 1.50 bits per heavy atom. The molecule has 2 nitrogen and oxygen atoms in total. The summed E-state index contributed by atoms with van der Waals surface area (Å²) in [6, 6.07) is 4.16. The van der Waals surface area contributed by atoms with Gasteiger partial charge in [-0.15, -0.1) is 0 Å². The topological polar surface area (TPSA) is 27.8 Å². The second kappa shape index (κ2) is 5.73. The first kappa shape index (κ1) is 10.5. The maximum Gasteiger partial charge on any atom is 0.0357 e. The van der Waals surface area contributed by atoms with Crippen LogP contribution >= 0.6 is 23.5 Å². The van der Waals surface area contributed by atoms with Crippen molar-refractivity contribution in [2.24, 2.45) is 0 Å². The maximum atomic E-state index is 3.49. The lowest BCUT2D eigenvalue weighted by atomic mass is 10.4. The molecule has 0 amide bonds. The van der Waals surface area contributed by atoms with E-state index in [1.165, 1.54) is 23.0 Å². The molecule has 14 heavy (non-hydrogen) atoms. The minimum Gasteiger partial charge on any atom is -0.364 e. The van der Waals surface area contributed by atoms with Crippen molar-refractivity contribution in [1.29, 1.82) is 0 Å². The molecule has 1 aliphatic heterocycles. The van der Waals surface area contributed by atoms with E-state index >= 15 is 0 Å². The third kappa shape index (κ3) is 3.26. The zero-order valence-corrected chi connectivity index (χ0v) is 9.79. The van der Waals surface area contributed by atoms with Gasteiger partial charge in [0.25, 0.3) is 0 Å². The third-order valence-corrected chi connectivity index (χ3v) is 5.08. The monoisotopic (exact) mass is 228 g/mol. The van der Waals surface area contributed by atoms with E-state index in [1.54, 1.807) is 0 Å². The lowest BCUT2D eigenvalue weighted by Gasteiger charge is -2.20. The Balaban J connectivity index is 1.62. The molecule has 2 rings (SSSR count). The maximum absolute atomic E-state index is 3.49. The largest absolute Gasteiger partial charge is 0.364 e. The van der Waals surface area contributed by atoms with E-state index in [0.717, 1.165) is 18.3 Å². The van der Waals surface area contributed by atoms with Crippen LogP contribution in [-0.2, 0) is 6.54 Å². The fraction of sp³-hybridized carbons (Fsp3) is 0.600. The highest BCUT2D eigenvalue weighted by molar-refractivity contribution is 8.06. The number of aromatic amines is 1. The van der Waals surface area contributed by atoms with Crippen molar-refractivity contribution in [3.05, 3.63) is 24.0 Å². The molecular formula is C10H16N2S2. The Morgan fingerprint density at radius 3 is 3.21 bits per heavy atom. The normalized spacial score (nSPS) is 22.4. The van der Waals surface area contributed by atoms with Crippen molar-refractivity contribution in [3.8, 4) is 0 Å². The van der Waals surface area contributed by atoms with Gasteiger partial charge in [0.15, 0.2) is 0 Å². The number of H-pyrrole nitrogens is 1. The summed E-state index contributed by atoms with van der Waals surface area (Å²) in [7, 11) is 0. The van der Waals surface area contributed by atoms with Gasteiger partial charge in [0.2, 0.25) is 0 Å². The fourth-order valence-electron chi connectivity index (χ4n) is 1.50. The molecule has 2 heterocycles. The third-order valence-electron chi connectivity index (χ3n) is 2.23. The summed E-state index contributed by atoms with van der Waals surface area (Å²) < 4.78 is 0. The Morgan fingerprint density at radius 2 is 2.50 bits per heavy atom. The number of hydrogen-bond donors (Lipinski definition) is 2. The van der Waals surface area contributed by atoms with E-state index in [2.05, 4.69) is 39.9 Å². The van der Waals surface area contributed by atoms with Gasteiger partial charge in [-0.05, 0) is 12.1 Å². The Hall–Kier alpha value is -0.0600. The Bertz CT molecular complexity index is 243. The quantitative estimate of drug-likeness (QED) is 0.825. The first-order valence-corrected chi connectivity index (χ1v) is 7.18. The number of aromatic nitrogens is 1. The fourth-order valence-corrected chi connectivity index (χ4v) is 4.15. The second-order valence-electron chi connectivity index (χ2n) is 3.39. The summed E-state index contributed by atoms with van der Waals surface area (Å²) in [5, 5.41) is 4.30. The van der Waals surface area contributed by atoms with Crippen LogP contribution in [0.1, 0.15) is 5.69 Å². The Kier molecular flexibility index (Phi) is 4.28. The van der Waals surface area contributed by atoms with Crippen LogP contribution in [0.3, 0.4) is 0 Å². The molecule has 0 bridgehead atoms. The molecule has 1 aliphatic rings. The number of hydrogen-bond acceptors (Lipinski definition) is 3. The SMILES string of the molecule is c1c[nH]c(CNCC2CSCCS2)c1. The molecule has 1 atom stereocenters. The summed E-state index contributed by atoms with van der Waals surface area (Å²) in [6.07, 6.45) is 1.97. The molecular weight excluding hydrogens is 212 g/mol. The first-order chi connectivity index (χ1) is 6.95. The van der Waals surface area contributed by atoms with Gasteiger partial charge in [0.1, 0.15) is 0 Å². The van der Waals surface area contributed by atoms with E-state index < -0.39 is 0 Å². The average Bonchev–Trinajstić information content (AvgIpc) is 2.72. The van der Waals surface area contributed by atoms with Gasteiger partial charge < -0.3 is 10.3 Å². The molecule has 0 saturated carbocycles. The van der Waals surface area contributed by atoms with Crippen molar-refractivity contribution in [2.75, 3.05) is 23.8 Å². The molecule has 0 aliphatic carbocycles. The van der Waals surface area contributed by atoms with Crippen LogP contribution in [0.2, 0.25) is 0 Å². The molecule has 4 heteroatoms. The van der Waals surface area contributed by atoms with Gasteiger partial charge in [-0.2, -0.15) is 23.5 Å². The predicted molar refractivity (Wildman–Crippen MR) is 66.1 cm³/mol. The van der Waals surface area contributed by atoms with Crippen molar-refractivity contribution in [1.82, 2.24) is 10.3 Å². The summed E-state index contributed by atoms with van der Waals surface area (Å²) in [6.45, 7) is 2.10. The molecule has 0 radical (unpaired) electrons. The molecule has 1 aromatic rings. The summed E-state index contributed by atoms with van der Waals surface area (Å²) in [4.78, 5) is 3.20. The lowest BCUT2D eigenvalue weighted by molar-refractivity contribution is 0.677. The van der Waals surface area contributed by atoms with Gasteiger partial charge in [0.05, 0.1) is 0 Å². The van der Waals surface area contributed by atoms with Gasteiger partial charge in [0, 0.05) is 47.5 Å². The molecule has 1 fully saturated rings. The Labute approximate surface area is 93.6 Å². The van der Waals surface area contributed by atoms with Crippen LogP contribution in [0, 0.1) is 0 Å². The van der Waals surface area contributed by atoms with Crippen molar-refractivity contribution in [2.45, 2.75) is 11.8 Å². The van der Waals surface area contributed by atoms with Crippen LogP contribution in [0.25, 0.3) is 0 Å². The van der Waals surface area contributed by atoms with Crippen LogP contribution in [-0.4, -0.2) is 34.0 Å². The highest BCUT2D eigenvalue weighted by atomic mass is 32.2. The average molecular weight is 228 g/mol. The highest BCUT2D eigenvalue weighted by Gasteiger charge is 2.13. The lowest BCUT2D eigenvalue weighted by Crippen LogP contribution is -2.28. The standard InChI is InChI=1S/C10H16N2S2/c1-2-9(12-3-1)6-11-7-10-8-13-4-5-14-10/h1-3,10-12H,4-8H2. The molecule has 1 saturated heterocycles. The molecule has 0 spiro atoms. The van der Waals surface area contributed by atoms with Crippen molar-refractivity contribution in [3.63, 3.8) is 0 Å². The number of nitrogens with one attached hydrogen (secondary N) is 2. The number of rotatable bonds is 4. The summed E-state index contributed by atoms with van der Waals surface area (Å²) >= 11 is 4.19. The smallest absolute Gasteiger partial charge is 0.0357 e. The zero-order valence-electron chi connectivity index (χ0n) is 8.16. The highest BCUT2D eigenvalue weighted by Crippen LogP contribution is 2.23. The van der Waals surface area contributed by atoms with Crippen LogP contribution in [0.5, 0.6) is 0 Å². The van der Waals surface area contributed by atoms with Gasteiger partial charge >= 0.3 is 0 Å². The number of thioether (sulfide) groups is 2. The van der Waals surface area contributed by atoms with E-state index in [-0.39, 0.29) is 0 Å². The van der Waals surface area contributed by atoms with Crippen LogP contribution in [0.15, 0.2) is 18.3 Å². The van der Waals surface area contributed by atoms with Crippen LogP contribution in [0.4, 0.5) is 0 Å². The van der Waals surface area contributed by atoms with Crippen molar-refractivity contribution >= 4 is 23.5 Å². The van der Waals surface area contributed by atoms with E-state index in [0.29, 0.717) is 0 Å². The minimum absolute atomic E-state index is 0.809. The molecule has 78 valence electrons. The minimum atomic E-state index is 0.809. The molecule has 0 aromatic carbocycles. The molecule has 2 N–H and O–H groups in total. The van der Waals surface area contributed by atoms with E-state index in [1.807, 2.05) is 12.3 Å². The van der Waals surface area contributed by atoms with Gasteiger partial charge in [-0.1, -0.05) is 0 Å². The second-order valence-corrected chi connectivity index (χ2v) is 5.95. The summed E-state index contributed by atoms with van der Waals surface area (Å²) in [5.74, 6) is 3.96. The van der Waals surface area contributed by atoms with Gasteiger partial charge in [-0.3, -0.25) is 0 Å². The molecule has 1 aromatic heterocycles. The van der Waals surface area contributed by atoms with E-state index in [9.17, 15) is 0 Å². The predicted octanol–water partition coefficient (Wildman–Crippen LogP) is 1.95. The van der Waals surface area contributed by atoms with Crippen molar-refractivity contribution < 1.29 is 0 Å². The summed E-state index contributed by atoms with van der Waals surface area (Å²) in [5.41, 5.74) is 1.28. The van der Waals surface area contributed by atoms with Crippen LogP contribution < -0.4 is 5.32 Å². The van der Waals surface area contributed by atoms with E-state index in [4.69, 9.17) is 0 Å². The first-order valence-electron chi connectivity index (χ1n) is 4.97.